The van der Waals surface area contributed by atoms with Crippen LogP contribution in [0, 0.1) is 6.54 Å². The Labute approximate surface area is 90.3 Å². The molecule has 8 heteroatoms. The Balaban J connectivity index is 1.88. The van der Waals surface area contributed by atoms with Crippen molar-refractivity contribution in [3.05, 3.63) is 6.54 Å². The third-order valence-corrected chi connectivity index (χ3v) is 2.26. The fourth-order valence-electron chi connectivity index (χ4n) is 1.46. The Hall–Kier alpha value is -2.12. The zero-order chi connectivity index (χ0) is 11.7. The fraction of sp³-hybridized carbons (Fsp3) is 0.375. The van der Waals surface area contributed by atoms with Gasteiger partial charge < -0.3 is 10.6 Å². The summed E-state index contributed by atoms with van der Waals surface area (Å²) in [5, 5.41) is 6.74. The lowest BCUT2D eigenvalue weighted by atomic mass is 10.2. The van der Waals surface area contributed by atoms with Crippen molar-refractivity contribution in [3.63, 3.8) is 0 Å². The topological polar surface area (TPSA) is 108 Å². The van der Waals surface area contributed by atoms with Crippen LogP contribution in [-0.2, 0) is 9.59 Å². The number of carbonyl (C=O) groups excluding carboxylic acids is 4. The molecule has 2 heterocycles. The van der Waals surface area contributed by atoms with E-state index in [4.69, 9.17) is 0 Å². The summed E-state index contributed by atoms with van der Waals surface area (Å²) in [5.74, 6) is -0.844. The third-order valence-electron chi connectivity index (χ3n) is 2.26. The quantitative estimate of drug-likeness (QED) is 0.497. The predicted octanol–water partition coefficient (Wildman–Crippen LogP) is -1.70. The SMILES string of the molecule is O=C1NC(=O)C(C[CH]N2C(=O)CNC2=O)N1. The minimum Gasteiger partial charge on any atom is -0.329 e. The van der Waals surface area contributed by atoms with Crippen molar-refractivity contribution in [1.82, 2.24) is 20.9 Å². The molecule has 6 amide bonds. The van der Waals surface area contributed by atoms with Gasteiger partial charge in [-0.3, -0.25) is 19.8 Å². The number of rotatable bonds is 3. The van der Waals surface area contributed by atoms with Crippen molar-refractivity contribution >= 4 is 23.9 Å². The smallest absolute Gasteiger partial charge is 0.324 e. The maximum absolute atomic E-state index is 11.2. The molecule has 16 heavy (non-hydrogen) atoms. The first-order chi connectivity index (χ1) is 7.58. The van der Waals surface area contributed by atoms with Gasteiger partial charge in [0.25, 0.3) is 5.91 Å². The van der Waals surface area contributed by atoms with Crippen molar-refractivity contribution in [2.45, 2.75) is 12.5 Å². The maximum atomic E-state index is 11.2. The molecule has 85 valence electrons. The standard InChI is InChI=1S/C8H9N4O4/c13-5-3-9-8(16)12(5)2-1-4-6(14)11-7(15)10-4/h2,4H,1,3H2,(H,9,16)(H2,10,11,14,15). The summed E-state index contributed by atoms with van der Waals surface area (Å²) in [7, 11) is 0. The van der Waals surface area contributed by atoms with E-state index in [-0.39, 0.29) is 18.9 Å². The van der Waals surface area contributed by atoms with Crippen LogP contribution in [-0.4, -0.2) is 41.4 Å². The second-order valence-electron chi connectivity index (χ2n) is 3.36. The van der Waals surface area contributed by atoms with Crippen LogP contribution in [0.15, 0.2) is 0 Å². The molecule has 0 saturated carbocycles. The van der Waals surface area contributed by atoms with Crippen LogP contribution in [0.4, 0.5) is 9.59 Å². The highest BCUT2D eigenvalue weighted by Crippen LogP contribution is 2.08. The van der Waals surface area contributed by atoms with Crippen molar-refractivity contribution in [3.8, 4) is 0 Å². The van der Waals surface area contributed by atoms with E-state index in [9.17, 15) is 19.2 Å². The number of urea groups is 2. The molecule has 1 unspecified atom stereocenters. The predicted molar refractivity (Wildman–Crippen MR) is 49.6 cm³/mol. The van der Waals surface area contributed by atoms with Crippen LogP contribution in [0.3, 0.4) is 0 Å². The van der Waals surface area contributed by atoms with E-state index in [2.05, 4.69) is 16.0 Å². The van der Waals surface area contributed by atoms with E-state index in [1.165, 1.54) is 6.54 Å². The molecule has 0 aromatic rings. The average Bonchev–Trinajstić information content (AvgIpc) is 2.69. The molecular weight excluding hydrogens is 216 g/mol. The van der Waals surface area contributed by atoms with Crippen LogP contribution >= 0.6 is 0 Å². The molecule has 0 bridgehead atoms. The van der Waals surface area contributed by atoms with Crippen molar-refractivity contribution in [2.75, 3.05) is 6.54 Å². The number of hydrogen-bond donors (Lipinski definition) is 3. The second-order valence-corrected chi connectivity index (χ2v) is 3.36. The number of nitrogens with one attached hydrogen (secondary N) is 3. The number of nitrogens with zero attached hydrogens (tertiary/aromatic N) is 1. The van der Waals surface area contributed by atoms with Gasteiger partial charge in [0.2, 0.25) is 5.91 Å². The summed E-state index contributed by atoms with van der Waals surface area (Å²) in [5.41, 5.74) is 0. The first-order valence-corrected chi connectivity index (χ1v) is 4.62. The van der Waals surface area contributed by atoms with E-state index in [0.29, 0.717) is 0 Å². The van der Waals surface area contributed by atoms with Gasteiger partial charge in [-0.15, -0.1) is 0 Å². The summed E-state index contributed by atoms with van der Waals surface area (Å²) in [4.78, 5) is 45.1. The van der Waals surface area contributed by atoms with Gasteiger partial charge in [0.1, 0.15) is 6.04 Å². The highest BCUT2D eigenvalue weighted by molar-refractivity contribution is 6.05. The molecule has 2 fully saturated rings. The number of amides is 6. The third kappa shape index (κ3) is 1.81. The van der Waals surface area contributed by atoms with Gasteiger partial charge in [-0.1, -0.05) is 0 Å². The molecule has 8 nitrogen and oxygen atoms in total. The van der Waals surface area contributed by atoms with E-state index < -0.39 is 24.0 Å². The summed E-state index contributed by atoms with van der Waals surface area (Å²) in [6, 6.07) is -1.82. The molecule has 3 N–H and O–H groups in total. The average molecular weight is 225 g/mol. The van der Waals surface area contributed by atoms with Crippen molar-refractivity contribution in [2.24, 2.45) is 0 Å². The molecule has 2 rings (SSSR count). The normalized spacial score (nSPS) is 24.5. The summed E-state index contributed by atoms with van der Waals surface area (Å²) in [6.45, 7) is 1.25. The summed E-state index contributed by atoms with van der Waals surface area (Å²) < 4.78 is 0. The Kier molecular flexibility index (Phi) is 2.47. The lowest BCUT2D eigenvalue weighted by molar-refractivity contribution is -0.124. The minimum absolute atomic E-state index is 0.0431. The van der Waals surface area contributed by atoms with Crippen LogP contribution in [0.25, 0.3) is 0 Å². The Morgan fingerprint density at radius 1 is 1.31 bits per heavy atom. The highest BCUT2D eigenvalue weighted by atomic mass is 16.2. The van der Waals surface area contributed by atoms with Crippen LogP contribution < -0.4 is 16.0 Å². The fourth-order valence-corrected chi connectivity index (χ4v) is 1.46. The van der Waals surface area contributed by atoms with E-state index in [0.717, 1.165) is 4.90 Å². The molecule has 0 spiro atoms. The van der Waals surface area contributed by atoms with Gasteiger partial charge in [-0.25, -0.2) is 9.59 Å². The minimum atomic E-state index is -0.728. The largest absolute Gasteiger partial charge is 0.329 e. The molecule has 2 aliphatic heterocycles. The molecule has 0 aromatic carbocycles. The van der Waals surface area contributed by atoms with Gasteiger partial charge in [-0.2, -0.15) is 0 Å². The van der Waals surface area contributed by atoms with E-state index in [1.54, 1.807) is 0 Å². The monoisotopic (exact) mass is 225 g/mol. The molecule has 0 aliphatic carbocycles. The van der Waals surface area contributed by atoms with Crippen molar-refractivity contribution < 1.29 is 19.2 Å². The lowest BCUT2D eigenvalue weighted by Crippen LogP contribution is -2.34. The molecule has 2 aliphatic rings. The Bertz CT molecular complexity index is 364. The highest BCUT2D eigenvalue weighted by Gasteiger charge is 2.33. The molecule has 0 aromatic heterocycles. The molecule has 1 atom stereocenters. The zero-order valence-corrected chi connectivity index (χ0v) is 8.15. The van der Waals surface area contributed by atoms with Gasteiger partial charge in [0.05, 0.1) is 13.1 Å². The first kappa shape index (κ1) is 10.4. The van der Waals surface area contributed by atoms with Gasteiger partial charge in [0, 0.05) is 0 Å². The molecular formula is C8H9N4O4. The van der Waals surface area contributed by atoms with E-state index >= 15 is 0 Å². The van der Waals surface area contributed by atoms with E-state index in [1.807, 2.05) is 0 Å². The first-order valence-electron chi connectivity index (χ1n) is 4.62. The summed E-state index contributed by atoms with van der Waals surface area (Å²) >= 11 is 0. The molecule has 1 radical (unpaired) electrons. The number of hydrogen-bond acceptors (Lipinski definition) is 4. The second kappa shape index (κ2) is 3.80. The lowest BCUT2D eigenvalue weighted by Gasteiger charge is -2.13. The van der Waals surface area contributed by atoms with Crippen LogP contribution in [0.1, 0.15) is 6.42 Å². The number of imide groups is 2. The van der Waals surface area contributed by atoms with Crippen LogP contribution in [0.5, 0.6) is 0 Å². The van der Waals surface area contributed by atoms with Gasteiger partial charge >= 0.3 is 12.1 Å². The Morgan fingerprint density at radius 2 is 2.06 bits per heavy atom. The molecule has 2 saturated heterocycles. The number of carbonyl (C=O) groups is 4. The van der Waals surface area contributed by atoms with Gasteiger partial charge in [-0.05, 0) is 6.42 Å². The Morgan fingerprint density at radius 3 is 2.56 bits per heavy atom. The summed E-state index contributed by atoms with van der Waals surface area (Å²) in [6.07, 6.45) is 0.0940. The van der Waals surface area contributed by atoms with Crippen molar-refractivity contribution in [1.29, 1.82) is 0 Å². The van der Waals surface area contributed by atoms with Gasteiger partial charge in [0.15, 0.2) is 0 Å². The maximum Gasteiger partial charge on any atom is 0.324 e. The van der Waals surface area contributed by atoms with Crippen LogP contribution in [0.2, 0.25) is 0 Å². The zero-order valence-electron chi connectivity index (χ0n) is 8.15.